The third-order valence-electron chi connectivity index (χ3n) is 5.90. The fourth-order valence-electron chi connectivity index (χ4n) is 3.91. The Labute approximate surface area is 232 Å². The lowest BCUT2D eigenvalue weighted by molar-refractivity contribution is -0.116. The normalized spacial score (nSPS) is 10.4. The summed E-state index contributed by atoms with van der Waals surface area (Å²) in [6, 6.07) is 26.9. The average Bonchev–Trinajstić information content (AvgIpc) is 2.94. The van der Waals surface area contributed by atoms with E-state index in [1.54, 1.807) is 31.4 Å². The van der Waals surface area contributed by atoms with Crippen LogP contribution in [0.4, 0.5) is 11.4 Å². The predicted octanol–water partition coefficient (Wildman–Crippen LogP) is 6.68. The Bertz CT molecular complexity index is 1510. The molecule has 0 fully saturated rings. The number of nitrogens with zero attached hydrogens (tertiary/aromatic N) is 2. The van der Waals surface area contributed by atoms with Crippen LogP contribution in [0, 0.1) is 18.3 Å². The largest absolute Gasteiger partial charge is 0.497 e. The van der Waals surface area contributed by atoms with Crippen molar-refractivity contribution in [2.75, 3.05) is 23.5 Å². The van der Waals surface area contributed by atoms with Gasteiger partial charge in [-0.2, -0.15) is 5.26 Å². The molecule has 39 heavy (non-hydrogen) atoms. The number of thioether (sulfide) groups is 1. The van der Waals surface area contributed by atoms with Crippen LogP contribution in [0.15, 0.2) is 83.9 Å². The number of carbonyl (C=O) groups excluding carboxylic acids is 2. The molecule has 0 radical (unpaired) electrons. The highest BCUT2D eigenvalue weighted by Crippen LogP contribution is 2.35. The van der Waals surface area contributed by atoms with Gasteiger partial charge in [-0.25, -0.2) is 4.98 Å². The summed E-state index contributed by atoms with van der Waals surface area (Å²) in [6.07, 6.45) is 0.233. The van der Waals surface area contributed by atoms with E-state index >= 15 is 0 Å². The lowest BCUT2D eigenvalue weighted by Crippen LogP contribution is -2.12. The minimum atomic E-state index is -0.157. The van der Waals surface area contributed by atoms with E-state index in [0.29, 0.717) is 27.7 Å². The fourth-order valence-corrected chi connectivity index (χ4v) is 4.85. The highest BCUT2D eigenvalue weighted by Gasteiger charge is 2.17. The zero-order valence-corrected chi connectivity index (χ0v) is 22.8. The van der Waals surface area contributed by atoms with Gasteiger partial charge < -0.3 is 15.4 Å². The van der Waals surface area contributed by atoms with Crippen molar-refractivity contribution in [3.05, 3.63) is 90.0 Å². The van der Waals surface area contributed by atoms with Crippen LogP contribution in [0.1, 0.15) is 24.5 Å². The van der Waals surface area contributed by atoms with Gasteiger partial charge in [0.15, 0.2) is 0 Å². The Kier molecular flexibility index (Phi) is 8.97. The van der Waals surface area contributed by atoms with Crippen LogP contribution in [0.3, 0.4) is 0 Å². The van der Waals surface area contributed by atoms with E-state index in [1.165, 1.54) is 18.7 Å². The molecule has 0 unspecified atom stereocenters. The second-order valence-corrected chi connectivity index (χ2v) is 9.93. The van der Waals surface area contributed by atoms with Gasteiger partial charge in [-0.3, -0.25) is 9.59 Å². The number of methoxy groups -OCH3 is 1. The molecule has 2 amide bonds. The molecule has 0 saturated heterocycles. The maximum absolute atomic E-state index is 12.6. The first-order valence-corrected chi connectivity index (χ1v) is 13.3. The summed E-state index contributed by atoms with van der Waals surface area (Å²) in [5.74, 6) is 0.877. The minimum Gasteiger partial charge on any atom is -0.497 e. The molecule has 2 N–H and O–H groups in total. The first kappa shape index (κ1) is 27.4. The number of rotatable bonds is 9. The summed E-state index contributed by atoms with van der Waals surface area (Å²) < 4.78 is 5.29. The van der Waals surface area contributed by atoms with Crippen LogP contribution >= 0.6 is 11.8 Å². The molecule has 0 bridgehead atoms. The quantitative estimate of drug-likeness (QED) is 0.231. The first-order chi connectivity index (χ1) is 18.9. The standard InChI is InChI=1S/C31H28N4O3S/c1-20-4-6-22(7-5-20)27-18-29(23-8-14-26(38-3)15-9-23)35-31(28(27)19-32)39-17-16-30(37)34-25-12-10-24(11-13-25)33-21(2)36/h4-15,18H,16-17H2,1-3H3,(H,33,36)(H,34,37). The molecule has 1 heterocycles. The van der Waals surface area contributed by atoms with E-state index in [-0.39, 0.29) is 18.2 Å². The van der Waals surface area contributed by atoms with Crippen LogP contribution in [0.25, 0.3) is 22.4 Å². The summed E-state index contributed by atoms with van der Waals surface area (Å²) in [4.78, 5) is 28.6. The number of pyridine rings is 1. The van der Waals surface area contributed by atoms with Crippen molar-refractivity contribution in [3.63, 3.8) is 0 Å². The second-order valence-electron chi connectivity index (χ2n) is 8.85. The van der Waals surface area contributed by atoms with Crippen LogP contribution in [0.2, 0.25) is 0 Å². The molecule has 0 aliphatic heterocycles. The molecule has 3 aromatic carbocycles. The van der Waals surface area contributed by atoms with Crippen molar-refractivity contribution in [3.8, 4) is 34.2 Å². The maximum atomic E-state index is 12.6. The van der Waals surface area contributed by atoms with Crippen LogP contribution in [0.5, 0.6) is 5.75 Å². The molecule has 4 aromatic rings. The van der Waals surface area contributed by atoms with Gasteiger partial charge in [0.05, 0.1) is 18.4 Å². The summed E-state index contributed by atoms with van der Waals surface area (Å²) in [5, 5.41) is 16.2. The third kappa shape index (κ3) is 7.24. The van der Waals surface area contributed by atoms with Crippen molar-refractivity contribution < 1.29 is 14.3 Å². The zero-order valence-electron chi connectivity index (χ0n) is 21.9. The molecule has 0 atom stereocenters. The van der Waals surface area contributed by atoms with Crippen molar-refractivity contribution in [1.29, 1.82) is 5.26 Å². The lowest BCUT2D eigenvalue weighted by atomic mass is 9.98. The van der Waals surface area contributed by atoms with E-state index < -0.39 is 0 Å². The van der Waals surface area contributed by atoms with Crippen LogP contribution in [-0.4, -0.2) is 29.7 Å². The number of carbonyl (C=O) groups is 2. The number of ether oxygens (including phenoxy) is 1. The van der Waals surface area contributed by atoms with E-state index in [4.69, 9.17) is 9.72 Å². The number of aryl methyl sites for hydroxylation is 1. The Morgan fingerprint density at radius 2 is 1.54 bits per heavy atom. The van der Waals surface area contributed by atoms with Crippen molar-refractivity contribution in [1.82, 2.24) is 4.98 Å². The van der Waals surface area contributed by atoms with Crippen molar-refractivity contribution in [2.45, 2.75) is 25.3 Å². The Balaban J connectivity index is 1.54. The van der Waals surface area contributed by atoms with Gasteiger partial charge >= 0.3 is 0 Å². The van der Waals surface area contributed by atoms with Gasteiger partial charge in [-0.1, -0.05) is 29.8 Å². The zero-order chi connectivity index (χ0) is 27.8. The monoisotopic (exact) mass is 536 g/mol. The van der Waals surface area contributed by atoms with Gasteiger partial charge in [-0.15, -0.1) is 11.8 Å². The summed E-state index contributed by atoms with van der Waals surface area (Å²) in [7, 11) is 1.62. The highest BCUT2D eigenvalue weighted by atomic mass is 32.2. The van der Waals surface area contributed by atoms with Crippen LogP contribution < -0.4 is 15.4 Å². The number of amides is 2. The Hall–Kier alpha value is -4.61. The fraction of sp³-hybridized carbons (Fsp3) is 0.161. The summed E-state index contributed by atoms with van der Waals surface area (Å²) in [6.45, 7) is 3.46. The number of benzene rings is 3. The smallest absolute Gasteiger partial charge is 0.225 e. The minimum absolute atomic E-state index is 0.154. The SMILES string of the molecule is COc1ccc(-c2cc(-c3ccc(C)cc3)c(C#N)c(SCCC(=O)Nc3ccc(NC(C)=O)cc3)n2)cc1. The summed E-state index contributed by atoms with van der Waals surface area (Å²) in [5.41, 5.74) is 6.27. The van der Waals surface area contributed by atoms with Crippen molar-refractivity contribution >= 4 is 35.0 Å². The Morgan fingerprint density at radius 3 is 2.13 bits per heavy atom. The van der Waals surface area contributed by atoms with E-state index in [0.717, 1.165) is 33.7 Å². The average molecular weight is 537 g/mol. The molecule has 8 heteroatoms. The maximum Gasteiger partial charge on any atom is 0.225 e. The molecule has 0 aliphatic rings. The third-order valence-corrected chi connectivity index (χ3v) is 6.88. The predicted molar refractivity (Wildman–Crippen MR) is 156 cm³/mol. The first-order valence-electron chi connectivity index (χ1n) is 12.3. The lowest BCUT2D eigenvalue weighted by Gasteiger charge is -2.13. The van der Waals surface area contributed by atoms with Gasteiger partial charge in [-0.05, 0) is 67.1 Å². The molecule has 7 nitrogen and oxygen atoms in total. The van der Waals surface area contributed by atoms with Gasteiger partial charge in [0.2, 0.25) is 11.8 Å². The molecular formula is C31H28N4O3S. The van der Waals surface area contributed by atoms with Crippen LogP contribution in [-0.2, 0) is 9.59 Å². The molecule has 0 aliphatic carbocycles. The Morgan fingerprint density at radius 1 is 0.923 bits per heavy atom. The molecule has 0 spiro atoms. The number of aromatic nitrogens is 1. The number of hydrogen-bond acceptors (Lipinski definition) is 6. The van der Waals surface area contributed by atoms with E-state index in [9.17, 15) is 14.9 Å². The number of anilines is 2. The summed E-state index contributed by atoms with van der Waals surface area (Å²) >= 11 is 1.38. The molecular weight excluding hydrogens is 508 g/mol. The molecule has 4 rings (SSSR count). The number of nitrogens with one attached hydrogen (secondary N) is 2. The molecule has 196 valence electrons. The van der Waals surface area contributed by atoms with Gasteiger partial charge in [0.1, 0.15) is 16.8 Å². The van der Waals surface area contributed by atoms with Gasteiger partial charge in [0.25, 0.3) is 0 Å². The highest BCUT2D eigenvalue weighted by molar-refractivity contribution is 7.99. The van der Waals surface area contributed by atoms with E-state index in [2.05, 4.69) is 16.7 Å². The van der Waals surface area contributed by atoms with E-state index in [1.807, 2.05) is 61.5 Å². The number of hydrogen-bond donors (Lipinski definition) is 2. The van der Waals surface area contributed by atoms with Gasteiger partial charge in [0, 0.05) is 41.6 Å². The molecule has 1 aromatic heterocycles. The van der Waals surface area contributed by atoms with Crippen molar-refractivity contribution in [2.24, 2.45) is 0 Å². The second kappa shape index (κ2) is 12.8. The molecule has 0 saturated carbocycles. The topological polar surface area (TPSA) is 104 Å². The number of nitriles is 1.